The molecule has 0 aromatic carbocycles. The number of ether oxygens (including phenoxy) is 1. The van der Waals surface area contributed by atoms with E-state index >= 15 is 0 Å². The molecule has 3 rings (SSSR count). The molecule has 0 aliphatic heterocycles. The minimum atomic E-state index is -0.0965. The van der Waals surface area contributed by atoms with Gasteiger partial charge in [-0.25, -0.2) is 0 Å². The van der Waals surface area contributed by atoms with Crippen molar-refractivity contribution in [2.24, 2.45) is 34.5 Å². The summed E-state index contributed by atoms with van der Waals surface area (Å²) < 4.78 is 4.93. The Morgan fingerprint density at radius 1 is 1.26 bits per heavy atom. The average Bonchev–Trinajstić information content (AvgIpc) is 2.92. The standard InChI is InChI=1S/C20H32O3/c1-19-9-4-5-16(19)15-7-6-14(13-18(22)23-3)20(2,11-12-21)17(15)8-10-19/h4,9,14-17,21H,5-8,10-13H2,1-3H3/t14?,15?,16?,17-,19?,20?/m0/s1. The second kappa shape index (κ2) is 6.23. The highest BCUT2D eigenvalue weighted by molar-refractivity contribution is 5.69. The molecule has 130 valence electrons. The van der Waals surface area contributed by atoms with Gasteiger partial charge in [-0.1, -0.05) is 26.0 Å². The maximum Gasteiger partial charge on any atom is 0.305 e. The lowest BCUT2D eigenvalue weighted by atomic mass is 9.47. The molecule has 0 radical (unpaired) electrons. The van der Waals surface area contributed by atoms with Gasteiger partial charge in [0.15, 0.2) is 0 Å². The highest BCUT2D eigenvalue weighted by Gasteiger charge is 2.55. The Labute approximate surface area is 140 Å². The van der Waals surface area contributed by atoms with Gasteiger partial charge in [0, 0.05) is 13.0 Å². The first-order chi connectivity index (χ1) is 10.9. The fourth-order valence-corrected chi connectivity index (χ4v) is 6.27. The summed E-state index contributed by atoms with van der Waals surface area (Å²) in [5, 5.41) is 9.69. The second-order valence-corrected chi connectivity index (χ2v) is 8.59. The molecule has 5 unspecified atom stereocenters. The number of fused-ring (bicyclic) bond motifs is 3. The van der Waals surface area contributed by atoms with Crippen LogP contribution in [0.4, 0.5) is 0 Å². The van der Waals surface area contributed by atoms with E-state index in [2.05, 4.69) is 26.0 Å². The maximum absolute atomic E-state index is 11.9. The van der Waals surface area contributed by atoms with E-state index in [0.29, 0.717) is 23.7 Å². The first-order valence-electron chi connectivity index (χ1n) is 9.30. The molecule has 0 spiro atoms. The lowest BCUT2D eigenvalue weighted by Gasteiger charge is -2.58. The Kier molecular flexibility index (Phi) is 4.61. The zero-order valence-corrected chi connectivity index (χ0v) is 14.9. The van der Waals surface area contributed by atoms with Gasteiger partial charge < -0.3 is 9.84 Å². The normalized spacial score (nSPS) is 45.4. The predicted octanol–water partition coefficient (Wildman–Crippen LogP) is 3.96. The number of allylic oxidation sites excluding steroid dienone is 2. The number of methoxy groups -OCH3 is 1. The van der Waals surface area contributed by atoms with Crippen molar-refractivity contribution in [2.45, 2.75) is 58.8 Å². The van der Waals surface area contributed by atoms with Crippen LogP contribution in [0.2, 0.25) is 0 Å². The van der Waals surface area contributed by atoms with Crippen molar-refractivity contribution in [1.29, 1.82) is 0 Å². The molecule has 6 atom stereocenters. The number of rotatable bonds is 4. The highest BCUT2D eigenvalue weighted by Crippen LogP contribution is 2.63. The van der Waals surface area contributed by atoms with Crippen LogP contribution in [0.25, 0.3) is 0 Å². The van der Waals surface area contributed by atoms with Crippen molar-refractivity contribution in [3.05, 3.63) is 12.2 Å². The molecule has 1 N–H and O–H groups in total. The Morgan fingerprint density at radius 2 is 2.04 bits per heavy atom. The second-order valence-electron chi connectivity index (χ2n) is 8.59. The van der Waals surface area contributed by atoms with Gasteiger partial charge in [0.1, 0.15) is 0 Å². The van der Waals surface area contributed by atoms with E-state index in [9.17, 15) is 9.90 Å². The molecule has 0 bridgehead atoms. The van der Waals surface area contributed by atoms with E-state index < -0.39 is 0 Å². The third-order valence-corrected chi connectivity index (χ3v) is 7.68. The first-order valence-corrected chi connectivity index (χ1v) is 9.30. The fraction of sp³-hybridized carbons (Fsp3) is 0.850. The summed E-state index contributed by atoms with van der Waals surface area (Å²) >= 11 is 0. The molecule has 3 aliphatic rings. The number of hydrogen-bond donors (Lipinski definition) is 1. The van der Waals surface area contributed by atoms with Crippen LogP contribution in [0.15, 0.2) is 12.2 Å². The highest BCUT2D eigenvalue weighted by atomic mass is 16.5. The molecule has 2 saturated carbocycles. The van der Waals surface area contributed by atoms with Gasteiger partial charge in [-0.05, 0) is 73.0 Å². The molecular weight excluding hydrogens is 288 g/mol. The van der Waals surface area contributed by atoms with Gasteiger partial charge in [0.25, 0.3) is 0 Å². The maximum atomic E-state index is 11.9. The molecular formula is C20H32O3. The average molecular weight is 320 g/mol. The van der Waals surface area contributed by atoms with Gasteiger partial charge >= 0.3 is 5.97 Å². The summed E-state index contributed by atoms with van der Waals surface area (Å²) in [7, 11) is 1.48. The minimum absolute atomic E-state index is 0.0653. The Bertz CT molecular complexity index is 485. The van der Waals surface area contributed by atoms with Crippen LogP contribution in [-0.2, 0) is 9.53 Å². The van der Waals surface area contributed by atoms with Gasteiger partial charge in [-0.15, -0.1) is 0 Å². The molecule has 3 aliphatic carbocycles. The van der Waals surface area contributed by atoms with Crippen LogP contribution in [0, 0.1) is 34.5 Å². The number of hydrogen-bond acceptors (Lipinski definition) is 3. The topological polar surface area (TPSA) is 46.5 Å². The summed E-state index contributed by atoms with van der Waals surface area (Å²) in [4.78, 5) is 11.9. The van der Waals surface area contributed by atoms with Gasteiger partial charge in [0.05, 0.1) is 7.11 Å². The van der Waals surface area contributed by atoms with Crippen LogP contribution in [0.3, 0.4) is 0 Å². The molecule has 2 fully saturated rings. The lowest BCUT2D eigenvalue weighted by molar-refractivity contribution is -0.147. The van der Waals surface area contributed by atoms with Crippen LogP contribution in [-0.4, -0.2) is 24.8 Å². The van der Waals surface area contributed by atoms with E-state index in [4.69, 9.17) is 4.74 Å². The van der Waals surface area contributed by atoms with Crippen molar-refractivity contribution in [3.8, 4) is 0 Å². The summed E-state index contributed by atoms with van der Waals surface area (Å²) in [6, 6.07) is 0. The van der Waals surface area contributed by atoms with Gasteiger partial charge in [-0.3, -0.25) is 4.79 Å². The number of aliphatic hydroxyl groups excluding tert-OH is 1. The van der Waals surface area contributed by atoms with Crippen molar-refractivity contribution in [3.63, 3.8) is 0 Å². The van der Waals surface area contributed by atoms with Crippen molar-refractivity contribution < 1.29 is 14.6 Å². The monoisotopic (exact) mass is 320 g/mol. The molecule has 0 amide bonds. The molecule has 0 aromatic rings. The smallest absolute Gasteiger partial charge is 0.305 e. The molecule has 0 heterocycles. The Hall–Kier alpha value is -0.830. The van der Waals surface area contributed by atoms with Crippen LogP contribution >= 0.6 is 0 Å². The van der Waals surface area contributed by atoms with E-state index in [0.717, 1.165) is 24.7 Å². The van der Waals surface area contributed by atoms with E-state index in [-0.39, 0.29) is 18.0 Å². The van der Waals surface area contributed by atoms with Gasteiger partial charge in [-0.2, -0.15) is 0 Å². The van der Waals surface area contributed by atoms with Crippen molar-refractivity contribution >= 4 is 5.97 Å². The Morgan fingerprint density at radius 3 is 2.74 bits per heavy atom. The molecule has 3 heteroatoms. The third kappa shape index (κ3) is 2.75. The largest absolute Gasteiger partial charge is 0.469 e. The summed E-state index contributed by atoms with van der Waals surface area (Å²) in [6.45, 7) is 4.98. The summed E-state index contributed by atoms with van der Waals surface area (Å²) in [5.41, 5.74) is 0.451. The SMILES string of the molecule is COC(=O)CC1CCC2C3CC=CC3(C)CC[C@@H]2C1(C)CCO. The van der Waals surface area contributed by atoms with Gasteiger partial charge in [0.2, 0.25) is 0 Å². The first kappa shape index (κ1) is 17.0. The Balaban J connectivity index is 1.85. The number of esters is 1. The van der Waals surface area contributed by atoms with Crippen LogP contribution in [0.5, 0.6) is 0 Å². The predicted molar refractivity (Wildman–Crippen MR) is 90.7 cm³/mol. The molecule has 23 heavy (non-hydrogen) atoms. The number of aliphatic hydroxyl groups is 1. The quantitative estimate of drug-likeness (QED) is 0.630. The molecule has 3 nitrogen and oxygen atoms in total. The van der Waals surface area contributed by atoms with Crippen LogP contribution < -0.4 is 0 Å². The zero-order chi connectivity index (χ0) is 16.7. The lowest BCUT2D eigenvalue weighted by Crippen LogP contribution is -2.51. The summed E-state index contributed by atoms with van der Waals surface area (Å²) in [5.74, 6) is 2.39. The number of carbonyl (C=O) groups excluding carboxylic acids is 1. The zero-order valence-electron chi connectivity index (χ0n) is 14.9. The molecule has 0 aromatic heterocycles. The number of carbonyl (C=O) groups is 1. The third-order valence-electron chi connectivity index (χ3n) is 7.68. The van der Waals surface area contributed by atoms with E-state index in [1.54, 1.807) is 0 Å². The van der Waals surface area contributed by atoms with Crippen molar-refractivity contribution in [2.75, 3.05) is 13.7 Å². The van der Waals surface area contributed by atoms with E-state index in [1.165, 1.54) is 32.8 Å². The fourth-order valence-electron chi connectivity index (χ4n) is 6.27. The van der Waals surface area contributed by atoms with Crippen molar-refractivity contribution in [1.82, 2.24) is 0 Å². The minimum Gasteiger partial charge on any atom is -0.469 e. The van der Waals surface area contributed by atoms with E-state index in [1.807, 2.05) is 0 Å². The summed E-state index contributed by atoms with van der Waals surface area (Å²) in [6.07, 6.45) is 12.2. The molecule has 0 saturated heterocycles. The van der Waals surface area contributed by atoms with Crippen LogP contribution in [0.1, 0.15) is 58.8 Å².